The summed E-state index contributed by atoms with van der Waals surface area (Å²) in [5.41, 5.74) is 0.191. The molecule has 0 spiro atoms. The van der Waals surface area contributed by atoms with Crippen molar-refractivity contribution >= 4 is 27.6 Å². The molecule has 2 heterocycles. The van der Waals surface area contributed by atoms with E-state index in [1.54, 1.807) is 6.92 Å². The van der Waals surface area contributed by atoms with E-state index in [9.17, 15) is 27.5 Å². The van der Waals surface area contributed by atoms with Crippen LogP contribution in [0.15, 0.2) is 47.4 Å². The molecule has 0 unspecified atom stereocenters. The molecule has 1 aliphatic rings. The van der Waals surface area contributed by atoms with Gasteiger partial charge in [0.15, 0.2) is 5.69 Å². The molecule has 0 radical (unpaired) electrons. The number of aromatic nitrogens is 2. The predicted octanol–water partition coefficient (Wildman–Crippen LogP) is 3.82. The van der Waals surface area contributed by atoms with Crippen LogP contribution < -0.4 is 10.1 Å². The number of anilines is 1. The summed E-state index contributed by atoms with van der Waals surface area (Å²) in [5, 5.41) is 16.5. The number of carboxylic acid groups (broad SMARTS) is 1. The van der Waals surface area contributed by atoms with Crippen LogP contribution in [-0.2, 0) is 19.6 Å². The lowest BCUT2D eigenvalue weighted by molar-refractivity contribution is -0.119. The van der Waals surface area contributed by atoms with E-state index in [4.69, 9.17) is 9.47 Å². The maximum Gasteiger partial charge on any atom is 0.356 e. The number of morpholine rings is 1. The average Bonchev–Trinajstić information content (AvgIpc) is 3.25. The molecular weight excluding hydrogens is 531 g/mol. The Kier molecular flexibility index (Phi) is 8.33. The minimum absolute atomic E-state index is 0.104. The lowest BCUT2D eigenvalue weighted by atomic mass is 10.1. The lowest BCUT2D eigenvalue weighted by Gasteiger charge is -2.27. The third kappa shape index (κ3) is 5.95. The third-order valence-electron chi connectivity index (χ3n) is 6.39. The molecule has 1 aromatic heterocycles. The molecule has 1 amide bonds. The molecule has 4 rings (SSSR count). The summed E-state index contributed by atoms with van der Waals surface area (Å²) < 4.78 is 55.2. The predicted molar refractivity (Wildman–Crippen MR) is 139 cm³/mol. The molecule has 208 valence electrons. The van der Waals surface area contributed by atoms with Crippen molar-refractivity contribution in [2.75, 3.05) is 31.6 Å². The van der Waals surface area contributed by atoms with Crippen molar-refractivity contribution in [3.05, 3.63) is 59.5 Å². The Morgan fingerprint density at radius 3 is 2.56 bits per heavy atom. The second-order valence-corrected chi connectivity index (χ2v) is 11.0. The average molecular weight is 561 g/mol. The number of carboxylic acids is 1. The van der Waals surface area contributed by atoms with Crippen molar-refractivity contribution in [2.24, 2.45) is 5.92 Å². The molecule has 3 aromatic rings. The number of carbonyl (C=O) groups is 2. The van der Waals surface area contributed by atoms with Gasteiger partial charge in [-0.25, -0.2) is 17.6 Å². The quantitative estimate of drug-likeness (QED) is 0.403. The molecule has 2 N–H and O–H groups in total. The van der Waals surface area contributed by atoms with Gasteiger partial charge in [-0.1, -0.05) is 19.9 Å². The van der Waals surface area contributed by atoms with Crippen molar-refractivity contribution < 1.29 is 37.0 Å². The minimum Gasteiger partial charge on any atom is -0.476 e. The summed E-state index contributed by atoms with van der Waals surface area (Å²) in [6.45, 7) is 5.75. The highest BCUT2D eigenvalue weighted by atomic mass is 32.2. The van der Waals surface area contributed by atoms with Crippen LogP contribution in [0.2, 0.25) is 0 Å². The Morgan fingerprint density at radius 1 is 1.21 bits per heavy atom. The first kappa shape index (κ1) is 28.2. The SMILES string of the molecule is CC[C@H](C)C(=O)Nc1ccc(Oc2c(C)c(C(=O)O)nn2-c2cccc(F)c2)c(S(=O)(=O)N2CCOCC2)c1. The Hall–Kier alpha value is -3.81. The van der Waals surface area contributed by atoms with Crippen molar-refractivity contribution in [1.82, 2.24) is 14.1 Å². The first-order valence-electron chi connectivity index (χ1n) is 12.3. The molecule has 0 saturated carbocycles. The van der Waals surface area contributed by atoms with Gasteiger partial charge in [0.25, 0.3) is 0 Å². The van der Waals surface area contributed by atoms with Crippen LogP contribution in [0.4, 0.5) is 10.1 Å². The maximum absolute atomic E-state index is 14.0. The number of rotatable bonds is 9. The van der Waals surface area contributed by atoms with E-state index in [0.717, 1.165) is 10.7 Å². The second kappa shape index (κ2) is 11.5. The number of carbonyl (C=O) groups excluding carboxylic acids is 1. The Labute approximate surface area is 225 Å². The van der Waals surface area contributed by atoms with Gasteiger partial charge in [-0.2, -0.15) is 14.1 Å². The molecule has 1 fully saturated rings. The van der Waals surface area contributed by atoms with Gasteiger partial charge in [-0.05, 0) is 49.7 Å². The monoisotopic (exact) mass is 560 g/mol. The van der Waals surface area contributed by atoms with Crippen LogP contribution in [0.25, 0.3) is 5.69 Å². The van der Waals surface area contributed by atoms with E-state index in [1.807, 2.05) is 6.92 Å². The van der Waals surface area contributed by atoms with Gasteiger partial charge in [0, 0.05) is 30.3 Å². The number of nitrogens with one attached hydrogen (secondary N) is 1. The summed E-state index contributed by atoms with van der Waals surface area (Å²) >= 11 is 0. The van der Waals surface area contributed by atoms with E-state index >= 15 is 0 Å². The molecule has 0 aliphatic carbocycles. The van der Waals surface area contributed by atoms with Gasteiger partial charge >= 0.3 is 5.97 Å². The molecule has 0 bridgehead atoms. The smallest absolute Gasteiger partial charge is 0.356 e. The van der Waals surface area contributed by atoms with Crippen LogP contribution in [0.3, 0.4) is 0 Å². The van der Waals surface area contributed by atoms with Crippen molar-refractivity contribution in [3.8, 4) is 17.3 Å². The number of hydrogen-bond donors (Lipinski definition) is 2. The fraction of sp³-hybridized carbons (Fsp3) is 0.346. The van der Waals surface area contributed by atoms with E-state index in [-0.39, 0.29) is 77.3 Å². The number of sulfonamides is 1. The third-order valence-corrected chi connectivity index (χ3v) is 8.31. The lowest BCUT2D eigenvalue weighted by Crippen LogP contribution is -2.40. The summed E-state index contributed by atoms with van der Waals surface area (Å²) in [4.78, 5) is 24.1. The minimum atomic E-state index is -4.13. The maximum atomic E-state index is 14.0. The highest BCUT2D eigenvalue weighted by Gasteiger charge is 2.32. The first-order valence-corrected chi connectivity index (χ1v) is 13.8. The fourth-order valence-electron chi connectivity index (χ4n) is 3.94. The molecule has 1 saturated heterocycles. The molecule has 1 aliphatic heterocycles. The summed E-state index contributed by atoms with van der Waals surface area (Å²) in [7, 11) is -4.13. The largest absolute Gasteiger partial charge is 0.476 e. The molecular formula is C26H29FN4O7S. The summed E-state index contributed by atoms with van der Waals surface area (Å²) in [5.74, 6) is -2.71. The zero-order valence-electron chi connectivity index (χ0n) is 21.7. The molecule has 1 atom stereocenters. The van der Waals surface area contributed by atoms with Gasteiger partial charge in [-0.3, -0.25) is 4.79 Å². The first-order chi connectivity index (χ1) is 18.5. The topological polar surface area (TPSA) is 140 Å². The number of halogens is 1. The van der Waals surface area contributed by atoms with E-state index in [1.165, 1.54) is 47.6 Å². The van der Waals surface area contributed by atoms with Crippen LogP contribution in [0.1, 0.15) is 36.3 Å². The summed E-state index contributed by atoms with van der Waals surface area (Å²) in [6.07, 6.45) is 0.598. The van der Waals surface area contributed by atoms with E-state index < -0.39 is 21.8 Å². The van der Waals surface area contributed by atoms with E-state index in [0.29, 0.717) is 6.42 Å². The number of aromatic carboxylic acids is 1. The zero-order chi connectivity index (χ0) is 28.3. The zero-order valence-corrected chi connectivity index (χ0v) is 22.5. The molecule has 11 nitrogen and oxygen atoms in total. The van der Waals surface area contributed by atoms with Crippen molar-refractivity contribution in [2.45, 2.75) is 32.1 Å². The number of benzene rings is 2. The van der Waals surface area contributed by atoms with Gasteiger partial charge in [-0.15, -0.1) is 0 Å². The standard InChI is InChI=1S/C26H29FN4O7S/c1-4-16(2)24(32)28-19-8-9-21(22(15-19)39(35,36)30-10-12-37-13-11-30)38-25-17(3)23(26(33)34)29-31(25)20-7-5-6-18(27)14-20/h5-9,14-16H,4,10-13H2,1-3H3,(H,28,32)(H,33,34)/t16-/m0/s1. The normalized spacial score (nSPS) is 15.1. The Balaban J connectivity index is 1.84. The summed E-state index contributed by atoms with van der Waals surface area (Å²) in [6, 6.07) is 9.47. The number of ether oxygens (including phenoxy) is 2. The van der Waals surface area contributed by atoms with Gasteiger partial charge in [0.1, 0.15) is 16.5 Å². The number of amides is 1. The molecule has 39 heavy (non-hydrogen) atoms. The number of hydrogen-bond acceptors (Lipinski definition) is 7. The number of nitrogens with zero attached hydrogens (tertiary/aromatic N) is 3. The highest BCUT2D eigenvalue weighted by Crippen LogP contribution is 2.37. The van der Waals surface area contributed by atoms with Crippen LogP contribution in [-0.4, -0.2) is 65.8 Å². The van der Waals surface area contributed by atoms with Gasteiger partial charge in [0.05, 0.1) is 18.9 Å². The second-order valence-electron chi connectivity index (χ2n) is 9.05. The molecule has 2 aromatic carbocycles. The highest BCUT2D eigenvalue weighted by molar-refractivity contribution is 7.89. The Bertz CT molecular complexity index is 1500. The molecule has 13 heteroatoms. The van der Waals surface area contributed by atoms with Crippen LogP contribution in [0.5, 0.6) is 11.6 Å². The van der Waals surface area contributed by atoms with Crippen molar-refractivity contribution in [1.29, 1.82) is 0 Å². The fourth-order valence-corrected chi connectivity index (χ4v) is 5.49. The van der Waals surface area contributed by atoms with E-state index in [2.05, 4.69) is 10.4 Å². The van der Waals surface area contributed by atoms with Crippen molar-refractivity contribution in [3.63, 3.8) is 0 Å². The Morgan fingerprint density at radius 2 is 1.92 bits per heavy atom. The van der Waals surface area contributed by atoms with Crippen LogP contribution in [0, 0.1) is 18.7 Å². The van der Waals surface area contributed by atoms with Gasteiger partial charge < -0.3 is 19.9 Å². The van der Waals surface area contributed by atoms with Crippen LogP contribution >= 0.6 is 0 Å². The van der Waals surface area contributed by atoms with Gasteiger partial charge in [0.2, 0.25) is 21.8 Å².